The average molecular weight is 417 g/mol. The van der Waals surface area contributed by atoms with Crippen LogP contribution in [0.15, 0.2) is 24.3 Å². The topological polar surface area (TPSA) is 53.9 Å². The Hall–Kier alpha value is -2.25. The predicted molar refractivity (Wildman–Crippen MR) is 112 cm³/mol. The van der Waals surface area contributed by atoms with Crippen molar-refractivity contribution >= 4 is 28.2 Å². The number of rotatable bonds is 3. The molecule has 1 saturated heterocycles. The van der Waals surface area contributed by atoms with Gasteiger partial charge in [-0.1, -0.05) is 19.1 Å². The number of benzene rings is 1. The third-order valence-electron chi connectivity index (χ3n) is 5.98. The number of quaternary nitrogens is 1. The van der Waals surface area contributed by atoms with Crippen molar-refractivity contribution in [1.82, 2.24) is 4.90 Å². The number of piperazine rings is 1. The lowest BCUT2D eigenvalue weighted by molar-refractivity contribution is -0.883. The second-order valence-corrected chi connectivity index (χ2v) is 9.34. The number of thiophene rings is 1. The molecule has 2 amide bonds. The first-order chi connectivity index (χ1) is 13.9. The zero-order valence-corrected chi connectivity index (χ0v) is 17.7. The van der Waals surface area contributed by atoms with E-state index in [4.69, 9.17) is 0 Å². The van der Waals surface area contributed by atoms with Crippen LogP contribution in [-0.4, -0.2) is 49.9 Å². The molecule has 5 nitrogen and oxygen atoms in total. The summed E-state index contributed by atoms with van der Waals surface area (Å²) in [6.45, 7) is 5.49. The Morgan fingerprint density at radius 3 is 2.69 bits per heavy atom. The van der Waals surface area contributed by atoms with Crippen LogP contribution in [0.25, 0.3) is 0 Å². The number of anilines is 1. The van der Waals surface area contributed by atoms with Crippen molar-refractivity contribution in [1.29, 1.82) is 0 Å². The molecule has 2 heterocycles. The normalized spacial score (nSPS) is 19.7. The Balaban J connectivity index is 1.67. The van der Waals surface area contributed by atoms with Crippen molar-refractivity contribution in [2.24, 2.45) is 5.92 Å². The molecule has 1 fully saturated rings. The molecule has 0 spiro atoms. The van der Waals surface area contributed by atoms with Crippen molar-refractivity contribution in [3.05, 3.63) is 51.7 Å². The first-order valence-electron chi connectivity index (χ1n) is 10.2. The molecule has 7 heteroatoms. The molecular weight excluding hydrogens is 389 g/mol. The Bertz CT molecular complexity index is 934. The summed E-state index contributed by atoms with van der Waals surface area (Å²) < 4.78 is 14.1. The Kier molecular flexibility index (Phi) is 5.69. The molecule has 2 aromatic rings. The molecule has 1 aliphatic heterocycles. The number of hydrogen-bond acceptors (Lipinski definition) is 3. The minimum absolute atomic E-state index is 0.00571. The van der Waals surface area contributed by atoms with E-state index in [0.717, 1.165) is 37.9 Å². The van der Waals surface area contributed by atoms with Gasteiger partial charge < -0.3 is 15.1 Å². The summed E-state index contributed by atoms with van der Waals surface area (Å²) in [4.78, 5) is 30.6. The van der Waals surface area contributed by atoms with Gasteiger partial charge in [-0.15, -0.1) is 11.3 Å². The first kappa shape index (κ1) is 20.0. The number of amides is 2. The van der Waals surface area contributed by atoms with Crippen LogP contribution < -0.4 is 10.2 Å². The minimum atomic E-state index is -0.560. The molecule has 1 aliphatic carbocycles. The van der Waals surface area contributed by atoms with Crippen LogP contribution in [0.3, 0.4) is 0 Å². The third kappa shape index (κ3) is 4.07. The highest BCUT2D eigenvalue weighted by Crippen LogP contribution is 2.40. The van der Waals surface area contributed by atoms with E-state index >= 15 is 0 Å². The number of carbonyl (C=O) groups is 2. The Labute approximate surface area is 174 Å². The summed E-state index contributed by atoms with van der Waals surface area (Å²) in [5.41, 5.74) is 1.70. The quantitative estimate of drug-likeness (QED) is 0.806. The second-order valence-electron chi connectivity index (χ2n) is 8.24. The van der Waals surface area contributed by atoms with Crippen LogP contribution in [0.4, 0.5) is 9.39 Å². The molecule has 0 bridgehead atoms. The lowest BCUT2D eigenvalue weighted by atomic mass is 9.88. The molecule has 4 rings (SSSR count). The molecule has 0 radical (unpaired) electrons. The van der Waals surface area contributed by atoms with Gasteiger partial charge in [0.25, 0.3) is 11.8 Å². The van der Waals surface area contributed by atoms with Crippen molar-refractivity contribution in [3.8, 4) is 0 Å². The summed E-state index contributed by atoms with van der Waals surface area (Å²) in [5, 5.41) is 3.42. The largest absolute Gasteiger partial charge is 0.334 e. The smallest absolute Gasteiger partial charge is 0.259 e. The third-order valence-corrected chi connectivity index (χ3v) is 7.15. The van der Waals surface area contributed by atoms with E-state index in [-0.39, 0.29) is 11.5 Å². The Morgan fingerprint density at radius 2 is 1.97 bits per heavy atom. The van der Waals surface area contributed by atoms with E-state index in [1.165, 1.54) is 33.2 Å². The lowest BCUT2D eigenvalue weighted by Gasteiger charge is -2.30. The van der Waals surface area contributed by atoms with Crippen LogP contribution in [0.5, 0.6) is 0 Å². The monoisotopic (exact) mass is 416 g/mol. The van der Waals surface area contributed by atoms with Gasteiger partial charge in [0.1, 0.15) is 10.8 Å². The maximum absolute atomic E-state index is 14.1. The van der Waals surface area contributed by atoms with E-state index in [2.05, 4.69) is 19.3 Å². The summed E-state index contributed by atoms with van der Waals surface area (Å²) in [7, 11) is 2.13. The zero-order valence-electron chi connectivity index (χ0n) is 16.9. The molecule has 1 atom stereocenters. The SMILES string of the molecule is C[C@@H]1CCc2c(sc(NC(=O)c3ccccc3F)c2C(=O)N2CC[NH+](C)CC2)C1. The lowest BCUT2D eigenvalue weighted by Crippen LogP contribution is -3.12. The van der Waals surface area contributed by atoms with Gasteiger partial charge in [-0.3, -0.25) is 9.59 Å². The van der Waals surface area contributed by atoms with E-state index < -0.39 is 11.7 Å². The van der Waals surface area contributed by atoms with Gasteiger partial charge >= 0.3 is 0 Å². The van der Waals surface area contributed by atoms with Gasteiger partial charge in [0.2, 0.25) is 0 Å². The number of nitrogens with one attached hydrogen (secondary N) is 2. The van der Waals surface area contributed by atoms with Crippen LogP contribution in [-0.2, 0) is 12.8 Å². The van der Waals surface area contributed by atoms with E-state index in [1.54, 1.807) is 12.1 Å². The molecule has 1 aromatic carbocycles. The number of hydrogen-bond donors (Lipinski definition) is 2. The summed E-state index contributed by atoms with van der Waals surface area (Å²) in [5.74, 6) is -0.513. The van der Waals surface area contributed by atoms with Crippen LogP contribution in [0.2, 0.25) is 0 Å². The molecule has 2 N–H and O–H groups in total. The number of fused-ring (bicyclic) bond motifs is 1. The van der Waals surface area contributed by atoms with Crippen molar-refractivity contribution < 1.29 is 18.9 Å². The van der Waals surface area contributed by atoms with Gasteiger partial charge in [-0.25, -0.2) is 4.39 Å². The van der Waals surface area contributed by atoms with Crippen LogP contribution >= 0.6 is 11.3 Å². The van der Waals surface area contributed by atoms with Crippen molar-refractivity contribution in [3.63, 3.8) is 0 Å². The predicted octanol–water partition coefficient (Wildman–Crippen LogP) is 2.23. The second kappa shape index (κ2) is 8.24. The van der Waals surface area contributed by atoms with Crippen molar-refractivity contribution in [2.75, 3.05) is 38.5 Å². The average Bonchev–Trinajstić information content (AvgIpc) is 3.05. The highest BCUT2D eigenvalue weighted by atomic mass is 32.1. The molecule has 1 aromatic heterocycles. The highest BCUT2D eigenvalue weighted by molar-refractivity contribution is 7.17. The van der Waals surface area contributed by atoms with E-state index in [9.17, 15) is 14.0 Å². The molecule has 29 heavy (non-hydrogen) atoms. The fourth-order valence-electron chi connectivity index (χ4n) is 4.13. The fraction of sp³-hybridized carbons (Fsp3) is 0.455. The number of carbonyl (C=O) groups excluding carboxylic acids is 2. The van der Waals surface area contributed by atoms with Gasteiger partial charge in [-0.05, 0) is 42.9 Å². The minimum Gasteiger partial charge on any atom is -0.334 e. The van der Waals surface area contributed by atoms with E-state index in [0.29, 0.717) is 29.6 Å². The number of halogens is 1. The van der Waals surface area contributed by atoms with Gasteiger partial charge in [0, 0.05) is 4.88 Å². The maximum atomic E-state index is 14.1. The maximum Gasteiger partial charge on any atom is 0.259 e. The Morgan fingerprint density at radius 1 is 1.24 bits per heavy atom. The van der Waals surface area contributed by atoms with Crippen molar-refractivity contribution in [2.45, 2.75) is 26.2 Å². The fourth-order valence-corrected chi connectivity index (χ4v) is 5.53. The van der Waals surface area contributed by atoms with Crippen LogP contribution in [0, 0.1) is 11.7 Å². The molecule has 0 saturated carbocycles. The van der Waals surface area contributed by atoms with Crippen LogP contribution in [0.1, 0.15) is 44.5 Å². The standard InChI is InChI=1S/C22H26FN3O2S/c1-14-7-8-16-18(13-14)29-21(24-20(27)15-5-3-4-6-17(15)23)19(16)22(28)26-11-9-25(2)10-12-26/h3-6,14H,7-13H2,1-2H3,(H,24,27)/p+1/t14-/m1/s1. The summed E-state index contributed by atoms with van der Waals surface area (Å²) >= 11 is 1.48. The molecule has 0 unspecified atom stereocenters. The van der Waals surface area contributed by atoms with E-state index in [1.807, 2.05) is 4.90 Å². The molecule has 154 valence electrons. The summed E-state index contributed by atoms with van der Waals surface area (Å²) in [6, 6.07) is 5.93. The zero-order chi connectivity index (χ0) is 20.5. The molecule has 2 aliphatic rings. The number of nitrogens with zero attached hydrogens (tertiary/aromatic N) is 1. The first-order valence-corrected chi connectivity index (χ1v) is 11.1. The number of likely N-dealkylation sites (N-methyl/N-ethyl adjacent to an activating group) is 1. The van der Waals surface area contributed by atoms with Gasteiger partial charge in [-0.2, -0.15) is 0 Å². The highest BCUT2D eigenvalue weighted by Gasteiger charge is 2.32. The van der Waals surface area contributed by atoms with Gasteiger partial charge in [0.05, 0.1) is 44.4 Å². The molecular formula is C22H27FN3O2S+. The van der Waals surface area contributed by atoms with Gasteiger partial charge in [0.15, 0.2) is 0 Å². The summed E-state index contributed by atoms with van der Waals surface area (Å²) in [6.07, 6.45) is 2.81.